The molecule has 4 aromatic rings. The molecular formula is C34H30N4O7. The van der Waals surface area contributed by atoms with Crippen LogP contribution >= 0.6 is 0 Å². The molecule has 2 aliphatic rings. The summed E-state index contributed by atoms with van der Waals surface area (Å²) in [4.78, 5) is 53.8. The molecule has 0 spiro atoms. The largest absolute Gasteiger partial charge is 0.496 e. The molecule has 2 aliphatic heterocycles. The van der Waals surface area contributed by atoms with E-state index in [0.717, 1.165) is 42.2 Å². The third-order valence-electron chi connectivity index (χ3n) is 8.29. The number of pyridine rings is 1. The standard InChI is InChI=1S/C34H30N4O7/c1-4-36-14-6-8-21-15-23(28(45-3)18-27(21)36)17-26-19(2)29-30(37(31(26)39)25-9-5-7-22(16-25)34(43)44)35-38(32(29)40)24-12-10-20(11-13-24)33(41)42/h5,7,9-13,15-18H,4,6,8,14H2,1-3H3,(H,41,42)(H,43,44)/b26-17-. The number of ether oxygens (including phenoxy) is 1. The fraction of sp³-hybridized carbons (Fsp3) is 0.206. The number of benzene rings is 3. The highest BCUT2D eigenvalue weighted by Gasteiger charge is 2.31. The maximum Gasteiger partial charge on any atom is 0.335 e. The number of hydrogen-bond acceptors (Lipinski definition) is 7. The molecule has 0 atom stereocenters. The Hall–Kier alpha value is -5.71. The highest BCUT2D eigenvalue weighted by atomic mass is 16.5. The van der Waals surface area contributed by atoms with Gasteiger partial charge in [0.15, 0.2) is 5.49 Å². The van der Waals surface area contributed by atoms with Crippen molar-refractivity contribution >= 4 is 35.3 Å². The second-order valence-corrected chi connectivity index (χ2v) is 10.9. The van der Waals surface area contributed by atoms with Crippen molar-refractivity contribution in [1.82, 2.24) is 4.57 Å². The lowest BCUT2D eigenvalue weighted by atomic mass is 9.97. The van der Waals surface area contributed by atoms with Crippen LogP contribution in [0.3, 0.4) is 0 Å². The van der Waals surface area contributed by atoms with Gasteiger partial charge in [0.25, 0.3) is 11.5 Å². The second kappa shape index (κ2) is 11.4. The number of carbonyl (C=O) groups is 3. The zero-order valence-corrected chi connectivity index (χ0v) is 24.9. The molecule has 2 N–H and O–H groups in total. The quantitative estimate of drug-likeness (QED) is 0.326. The van der Waals surface area contributed by atoms with Crippen LogP contribution in [0.2, 0.25) is 0 Å². The number of anilines is 2. The lowest BCUT2D eigenvalue weighted by Crippen LogP contribution is -2.45. The van der Waals surface area contributed by atoms with E-state index in [1.54, 1.807) is 26.2 Å². The molecule has 1 aromatic heterocycles. The van der Waals surface area contributed by atoms with E-state index in [0.29, 0.717) is 22.6 Å². The van der Waals surface area contributed by atoms with Crippen LogP contribution in [0, 0.1) is 6.92 Å². The van der Waals surface area contributed by atoms with Gasteiger partial charge in [-0.25, -0.2) is 9.59 Å². The minimum absolute atomic E-state index is 0.0403. The minimum Gasteiger partial charge on any atom is -0.496 e. The average molecular weight is 607 g/mol. The van der Waals surface area contributed by atoms with Crippen molar-refractivity contribution in [2.24, 2.45) is 5.10 Å². The monoisotopic (exact) mass is 606 g/mol. The molecule has 228 valence electrons. The lowest BCUT2D eigenvalue weighted by molar-refractivity contribution is 0.0686. The van der Waals surface area contributed by atoms with Crippen molar-refractivity contribution < 1.29 is 29.3 Å². The normalized spacial score (nSPS) is 14.2. The molecule has 11 heteroatoms. The van der Waals surface area contributed by atoms with Crippen LogP contribution < -0.4 is 30.9 Å². The SMILES string of the molecule is CCN1CCCc2cc(/C=c3/c(C)c4c(n(-c5cccc(C(=O)O)c5)c3=O)=NN(c3ccc(C(=O)O)cc3)C4=O)c(OC)cc21. The number of fused-ring (bicyclic) bond motifs is 2. The van der Waals surface area contributed by atoms with Gasteiger partial charge in [-0.05, 0) is 92.4 Å². The first-order chi connectivity index (χ1) is 21.6. The highest BCUT2D eigenvalue weighted by Crippen LogP contribution is 2.34. The molecule has 3 heterocycles. The van der Waals surface area contributed by atoms with Gasteiger partial charge in [-0.3, -0.25) is 14.2 Å². The number of carbonyl (C=O) groups excluding carboxylic acids is 1. The van der Waals surface area contributed by atoms with Crippen molar-refractivity contribution in [3.8, 4) is 11.4 Å². The Bertz CT molecular complexity index is 2080. The Morgan fingerprint density at radius 1 is 0.978 bits per heavy atom. The van der Waals surface area contributed by atoms with E-state index in [-0.39, 0.29) is 33.1 Å². The third-order valence-corrected chi connectivity index (χ3v) is 8.29. The van der Waals surface area contributed by atoms with Gasteiger partial charge in [-0.2, -0.15) is 5.01 Å². The van der Waals surface area contributed by atoms with Crippen molar-refractivity contribution in [3.05, 3.63) is 115 Å². The molecule has 45 heavy (non-hydrogen) atoms. The van der Waals surface area contributed by atoms with Crippen molar-refractivity contribution in [3.63, 3.8) is 0 Å². The number of rotatable bonds is 7. The number of methoxy groups -OCH3 is 1. The summed E-state index contributed by atoms with van der Waals surface area (Å²) >= 11 is 0. The molecule has 1 amide bonds. The van der Waals surface area contributed by atoms with Gasteiger partial charge in [0.2, 0.25) is 0 Å². The van der Waals surface area contributed by atoms with Gasteiger partial charge in [-0.1, -0.05) is 6.07 Å². The Balaban J connectivity index is 1.62. The van der Waals surface area contributed by atoms with Crippen LogP contribution in [0.5, 0.6) is 5.75 Å². The molecule has 0 saturated carbocycles. The van der Waals surface area contributed by atoms with E-state index >= 15 is 0 Å². The van der Waals surface area contributed by atoms with E-state index < -0.39 is 23.4 Å². The van der Waals surface area contributed by atoms with E-state index in [9.17, 15) is 29.4 Å². The van der Waals surface area contributed by atoms with Gasteiger partial charge in [-0.15, -0.1) is 5.10 Å². The Morgan fingerprint density at radius 3 is 2.38 bits per heavy atom. The molecule has 3 aromatic carbocycles. The van der Waals surface area contributed by atoms with Gasteiger partial charge >= 0.3 is 11.9 Å². The van der Waals surface area contributed by atoms with Gasteiger partial charge < -0.3 is 19.8 Å². The van der Waals surface area contributed by atoms with Crippen LogP contribution in [0.25, 0.3) is 11.8 Å². The van der Waals surface area contributed by atoms with Crippen LogP contribution in [0.15, 0.2) is 70.6 Å². The van der Waals surface area contributed by atoms with E-state index in [2.05, 4.69) is 16.9 Å². The molecule has 6 rings (SSSR count). The molecule has 11 nitrogen and oxygen atoms in total. The summed E-state index contributed by atoms with van der Waals surface area (Å²) in [6.45, 7) is 5.58. The summed E-state index contributed by atoms with van der Waals surface area (Å²) in [5.74, 6) is -2.23. The van der Waals surface area contributed by atoms with E-state index in [1.807, 2.05) is 12.1 Å². The van der Waals surface area contributed by atoms with Gasteiger partial charge in [0.05, 0.1) is 35.2 Å². The average Bonchev–Trinajstić information content (AvgIpc) is 3.38. The van der Waals surface area contributed by atoms with Crippen molar-refractivity contribution in [2.75, 3.05) is 30.1 Å². The number of hydrogen-bond donors (Lipinski definition) is 2. The molecule has 0 unspecified atom stereocenters. The fourth-order valence-electron chi connectivity index (χ4n) is 5.98. The number of aromatic nitrogens is 1. The molecule has 0 radical (unpaired) electrons. The first-order valence-corrected chi connectivity index (χ1v) is 14.5. The summed E-state index contributed by atoms with van der Waals surface area (Å²) in [7, 11) is 1.57. The topological polar surface area (TPSA) is 142 Å². The zero-order valence-electron chi connectivity index (χ0n) is 24.9. The summed E-state index contributed by atoms with van der Waals surface area (Å²) in [5, 5.41) is 24.8. The van der Waals surface area contributed by atoms with Crippen molar-refractivity contribution in [1.29, 1.82) is 0 Å². The highest BCUT2D eigenvalue weighted by molar-refractivity contribution is 6.08. The van der Waals surface area contributed by atoms with Crippen LogP contribution in [0.1, 0.15) is 61.1 Å². The molecule has 0 aliphatic carbocycles. The number of carboxylic acid groups (broad SMARTS) is 2. The predicted octanol–water partition coefficient (Wildman–Crippen LogP) is 3.35. The summed E-state index contributed by atoms with van der Waals surface area (Å²) in [6, 6.07) is 15.5. The van der Waals surface area contributed by atoms with Crippen LogP contribution in [-0.2, 0) is 6.42 Å². The Morgan fingerprint density at radius 2 is 1.71 bits per heavy atom. The summed E-state index contributed by atoms with van der Waals surface area (Å²) < 4.78 is 7.00. The maximum absolute atomic E-state index is 14.4. The van der Waals surface area contributed by atoms with Gasteiger partial charge in [0.1, 0.15) is 5.75 Å². The number of amides is 1. The minimum atomic E-state index is -1.17. The first-order valence-electron chi connectivity index (χ1n) is 14.5. The molecule has 0 fully saturated rings. The van der Waals surface area contributed by atoms with Crippen molar-refractivity contribution in [2.45, 2.75) is 26.7 Å². The Labute approximate surface area is 257 Å². The number of carboxylic acids is 2. The lowest BCUT2D eigenvalue weighted by Gasteiger charge is -2.31. The smallest absolute Gasteiger partial charge is 0.335 e. The Kier molecular flexibility index (Phi) is 7.45. The van der Waals surface area contributed by atoms with Crippen LogP contribution in [0.4, 0.5) is 11.4 Å². The first kappa shape index (κ1) is 29.4. The molecule has 0 saturated heterocycles. The predicted molar refractivity (Wildman–Crippen MR) is 167 cm³/mol. The van der Waals surface area contributed by atoms with Crippen LogP contribution in [-0.4, -0.2) is 52.8 Å². The molecule has 0 bridgehead atoms. The number of nitrogens with zero attached hydrogens (tertiary/aromatic N) is 4. The number of aryl methyl sites for hydroxylation is 1. The van der Waals surface area contributed by atoms with E-state index in [4.69, 9.17) is 4.74 Å². The summed E-state index contributed by atoms with van der Waals surface area (Å²) in [6.07, 6.45) is 3.58. The maximum atomic E-state index is 14.4. The fourth-order valence-corrected chi connectivity index (χ4v) is 5.98. The third kappa shape index (κ3) is 5.01. The summed E-state index contributed by atoms with van der Waals surface area (Å²) in [5.41, 5.74) is 3.53. The zero-order chi connectivity index (χ0) is 32.0. The molecular weight excluding hydrogens is 576 g/mol. The number of aromatic carboxylic acids is 2. The van der Waals surface area contributed by atoms with Gasteiger partial charge in [0, 0.05) is 35.6 Å². The van der Waals surface area contributed by atoms with E-state index in [1.165, 1.54) is 47.0 Å². The second-order valence-electron chi connectivity index (χ2n) is 10.9.